The zero-order chi connectivity index (χ0) is 21.7. The van der Waals surface area contributed by atoms with Crippen LogP contribution in [0.2, 0.25) is 0 Å². The van der Waals surface area contributed by atoms with Gasteiger partial charge in [0.2, 0.25) is 10.0 Å². The van der Waals surface area contributed by atoms with Crippen LogP contribution in [0.3, 0.4) is 0 Å². The number of sulfonamides is 1. The Labute approximate surface area is 177 Å². The second-order valence-electron chi connectivity index (χ2n) is 6.35. The largest absolute Gasteiger partial charge is 0.336 e. The van der Waals surface area contributed by atoms with Crippen molar-refractivity contribution in [3.63, 3.8) is 0 Å². The van der Waals surface area contributed by atoms with Crippen LogP contribution in [0.4, 0.5) is 15.8 Å². The maximum absolute atomic E-state index is 13.9. The molecule has 3 rings (SSSR count). The second kappa shape index (κ2) is 9.06. The third kappa shape index (κ3) is 5.65. The Hall–Kier alpha value is -3.24. The summed E-state index contributed by atoms with van der Waals surface area (Å²) in [7, 11) is -3.70. The predicted octanol–water partition coefficient (Wildman–Crippen LogP) is 3.37. The first kappa shape index (κ1) is 21.5. The minimum atomic E-state index is -3.70. The van der Waals surface area contributed by atoms with Gasteiger partial charge in [-0.3, -0.25) is 14.3 Å². The fraction of sp³-hybridized carbons (Fsp3) is 0.100. The van der Waals surface area contributed by atoms with Gasteiger partial charge in [0.15, 0.2) is 0 Å². The van der Waals surface area contributed by atoms with E-state index in [0.717, 1.165) is 18.4 Å². The molecule has 0 aliphatic heterocycles. The van der Waals surface area contributed by atoms with Crippen molar-refractivity contribution in [1.29, 1.82) is 0 Å². The summed E-state index contributed by atoms with van der Waals surface area (Å²) in [5, 5.41) is 7.04. The van der Waals surface area contributed by atoms with Crippen LogP contribution in [0.25, 0.3) is 0 Å². The first-order valence-corrected chi connectivity index (χ1v) is 11.5. The molecule has 0 bridgehead atoms. The van der Waals surface area contributed by atoms with Crippen molar-refractivity contribution in [2.75, 3.05) is 16.3 Å². The summed E-state index contributed by atoms with van der Waals surface area (Å²) in [6, 6.07) is 14.5. The number of amides is 2. The van der Waals surface area contributed by atoms with Gasteiger partial charge in [0, 0.05) is 5.69 Å². The standard InChI is InChI=1S/C20H18FN3O4S2/c1-30(27,28)24-16-12-14(9-10-15(16)21)22-20(26)18(13-6-3-2-4-7-13)23-19(25)17-8-5-11-29-17/h2-12,18,24H,1H3,(H,22,26)(H,23,25)/t18-/m0/s1. The van der Waals surface area contributed by atoms with Crippen molar-refractivity contribution < 1.29 is 22.4 Å². The molecule has 1 atom stereocenters. The summed E-state index contributed by atoms with van der Waals surface area (Å²) in [6.07, 6.45) is 0.892. The molecule has 3 N–H and O–H groups in total. The molecule has 0 saturated heterocycles. The first-order valence-electron chi connectivity index (χ1n) is 8.70. The van der Waals surface area contributed by atoms with Gasteiger partial charge in [-0.15, -0.1) is 11.3 Å². The molecule has 7 nitrogen and oxygen atoms in total. The Morgan fingerprint density at radius 2 is 1.77 bits per heavy atom. The molecule has 0 saturated carbocycles. The number of thiophene rings is 1. The van der Waals surface area contributed by atoms with Crippen LogP contribution >= 0.6 is 11.3 Å². The number of hydrogen-bond donors (Lipinski definition) is 3. The van der Waals surface area contributed by atoms with Crippen molar-refractivity contribution in [2.24, 2.45) is 0 Å². The van der Waals surface area contributed by atoms with E-state index in [9.17, 15) is 22.4 Å². The lowest BCUT2D eigenvalue weighted by Crippen LogP contribution is -2.36. The summed E-state index contributed by atoms with van der Waals surface area (Å²) < 4.78 is 38.8. The van der Waals surface area contributed by atoms with E-state index in [1.54, 1.807) is 47.8 Å². The minimum absolute atomic E-state index is 0.166. The van der Waals surface area contributed by atoms with Gasteiger partial charge >= 0.3 is 0 Å². The highest BCUT2D eigenvalue weighted by Gasteiger charge is 2.24. The van der Waals surface area contributed by atoms with E-state index in [4.69, 9.17) is 0 Å². The highest BCUT2D eigenvalue weighted by atomic mass is 32.2. The maximum Gasteiger partial charge on any atom is 0.262 e. The highest BCUT2D eigenvalue weighted by Crippen LogP contribution is 2.23. The van der Waals surface area contributed by atoms with Crippen LogP contribution < -0.4 is 15.4 Å². The predicted molar refractivity (Wildman–Crippen MR) is 114 cm³/mol. The molecule has 1 heterocycles. The number of halogens is 1. The highest BCUT2D eigenvalue weighted by molar-refractivity contribution is 7.92. The second-order valence-corrected chi connectivity index (χ2v) is 9.05. The van der Waals surface area contributed by atoms with Crippen molar-refractivity contribution in [3.05, 3.63) is 82.3 Å². The normalized spacial score (nSPS) is 12.1. The third-order valence-corrected chi connectivity index (χ3v) is 5.40. The quantitative estimate of drug-likeness (QED) is 0.517. The Morgan fingerprint density at radius 1 is 1.03 bits per heavy atom. The van der Waals surface area contributed by atoms with Gasteiger partial charge in [-0.05, 0) is 35.2 Å². The Balaban J connectivity index is 1.85. The molecule has 0 unspecified atom stereocenters. The number of carbonyl (C=O) groups is 2. The van der Waals surface area contributed by atoms with E-state index < -0.39 is 33.7 Å². The molecular weight excluding hydrogens is 429 g/mol. The van der Waals surface area contributed by atoms with Crippen LogP contribution in [0.5, 0.6) is 0 Å². The zero-order valence-electron chi connectivity index (χ0n) is 15.8. The molecule has 0 aliphatic rings. The molecule has 10 heteroatoms. The molecule has 1 aromatic heterocycles. The van der Waals surface area contributed by atoms with E-state index in [1.165, 1.54) is 17.4 Å². The Morgan fingerprint density at radius 3 is 2.40 bits per heavy atom. The van der Waals surface area contributed by atoms with Gasteiger partial charge < -0.3 is 10.6 Å². The third-order valence-electron chi connectivity index (χ3n) is 3.94. The lowest BCUT2D eigenvalue weighted by Gasteiger charge is -2.19. The maximum atomic E-state index is 13.9. The molecule has 3 aromatic rings. The van der Waals surface area contributed by atoms with E-state index in [-0.39, 0.29) is 11.4 Å². The van der Waals surface area contributed by atoms with Crippen molar-refractivity contribution in [3.8, 4) is 0 Å². The minimum Gasteiger partial charge on any atom is -0.336 e. The fourth-order valence-corrected chi connectivity index (χ4v) is 3.83. The van der Waals surface area contributed by atoms with Crippen molar-refractivity contribution >= 4 is 44.5 Å². The molecule has 0 spiro atoms. The van der Waals surface area contributed by atoms with Crippen LogP contribution in [-0.2, 0) is 14.8 Å². The molecule has 0 aliphatic carbocycles. The average Bonchev–Trinajstić information content (AvgIpc) is 3.23. The molecule has 0 fully saturated rings. The van der Waals surface area contributed by atoms with Crippen molar-refractivity contribution in [2.45, 2.75) is 6.04 Å². The SMILES string of the molecule is CS(=O)(=O)Nc1cc(NC(=O)[C@@H](NC(=O)c2cccs2)c2ccccc2)ccc1F. The summed E-state index contributed by atoms with van der Waals surface area (Å²) in [5.41, 5.74) is 0.421. The van der Waals surface area contributed by atoms with Gasteiger partial charge in [0.25, 0.3) is 11.8 Å². The van der Waals surface area contributed by atoms with Crippen LogP contribution in [-0.4, -0.2) is 26.5 Å². The molecule has 2 amide bonds. The van der Waals surface area contributed by atoms with E-state index in [2.05, 4.69) is 15.4 Å². The number of carbonyl (C=O) groups excluding carboxylic acids is 2. The first-order chi connectivity index (χ1) is 14.2. The van der Waals surface area contributed by atoms with E-state index in [0.29, 0.717) is 10.4 Å². The number of anilines is 2. The van der Waals surface area contributed by atoms with Gasteiger partial charge in [-0.25, -0.2) is 12.8 Å². The smallest absolute Gasteiger partial charge is 0.262 e. The van der Waals surface area contributed by atoms with E-state index >= 15 is 0 Å². The van der Waals surface area contributed by atoms with Gasteiger partial charge in [0.1, 0.15) is 11.9 Å². The monoisotopic (exact) mass is 447 g/mol. The zero-order valence-corrected chi connectivity index (χ0v) is 17.4. The number of rotatable bonds is 7. The summed E-state index contributed by atoms with van der Waals surface area (Å²) >= 11 is 1.24. The summed E-state index contributed by atoms with van der Waals surface area (Å²) in [4.78, 5) is 25.9. The Kier molecular flexibility index (Phi) is 6.48. The molecule has 2 aromatic carbocycles. The average molecular weight is 448 g/mol. The number of benzene rings is 2. The molecule has 30 heavy (non-hydrogen) atoms. The Bertz CT molecular complexity index is 1150. The number of hydrogen-bond acceptors (Lipinski definition) is 5. The number of nitrogens with one attached hydrogen (secondary N) is 3. The lowest BCUT2D eigenvalue weighted by molar-refractivity contribution is -0.118. The molecule has 156 valence electrons. The lowest BCUT2D eigenvalue weighted by atomic mass is 10.1. The van der Waals surface area contributed by atoms with Crippen molar-refractivity contribution in [1.82, 2.24) is 5.32 Å². The summed E-state index contributed by atoms with van der Waals surface area (Å²) in [5.74, 6) is -1.76. The van der Waals surface area contributed by atoms with E-state index in [1.807, 2.05) is 0 Å². The van der Waals surface area contributed by atoms with Crippen LogP contribution in [0.1, 0.15) is 21.3 Å². The fourth-order valence-electron chi connectivity index (χ4n) is 2.65. The summed E-state index contributed by atoms with van der Waals surface area (Å²) in [6.45, 7) is 0. The molecule has 0 radical (unpaired) electrons. The topological polar surface area (TPSA) is 104 Å². The van der Waals surface area contributed by atoms with Crippen LogP contribution in [0.15, 0.2) is 66.0 Å². The van der Waals surface area contributed by atoms with Crippen LogP contribution in [0, 0.1) is 5.82 Å². The van der Waals surface area contributed by atoms with Gasteiger partial charge in [-0.1, -0.05) is 36.4 Å². The van der Waals surface area contributed by atoms with Gasteiger partial charge in [-0.2, -0.15) is 0 Å². The molecular formula is C20H18FN3O4S2. The van der Waals surface area contributed by atoms with Gasteiger partial charge in [0.05, 0.1) is 16.8 Å².